The Hall–Kier alpha value is -2.40. The molecule has 0 spiro atoms. The van der Waals surface area contributed by atoms with Crippen LogP contribution in [0.25, 0.3) is 10.9 Å². The van der Waals surface area contributed by atoms with Gasteiger partial charge in [0.2, 0.25) is 15.4 Å². The quantitative estimate of drug-likeness (QED) is 0.662. The lowest BCUT2D eigenvalue weighted by molar-refractivity contribution is -0.347. The monoisotopic (exact) mass is 395 g/mol. The van der Waals surface area contributed by atoms with Crippen LogP contribution in [0.1, 0.15) is 32.3 Å². The molecule has 1 N–H and O–H groups in total. The summed E-state index contributed by atoms with van der Waals surface area (Å²) in [7, 11) is -3.62. The molecule has 2 aromatic carbocycles. The fraction of sp³-hybridized carbons (Fsp3) is 0.348. The number of benzene rings is 2. The Labute approximate surface area is 167 Å². The molecule has 1 aliphatic heterocycles. The number of nitrogens with zero attached hydrogens (tertiary/aromatic N) is 1. The van der Waals surface area contributed by atoms with Crippen LogP contribution in [-0.4, -0.2) is 21.5 Å². The number of anilines is 1. The molecule has 0 amide bonds. The number of H-pyrrole nitrogens is 1. The molecule has 5 heteroatoms. The number of hydrogen-bond donors (Lipinski definition) is 0. The van der Waals surface area contributed by atoms with E-state index in [-0.39, 0.29) is 0 Å². The molecule has 0 atom stereocenters. The van der Waals surface area contributed by atoms with Crippen molar-refractivity contribution in [2.75, 3.05) is 18.0 Å². The number of fused-ring (bicyclic) bond motifs is 1. The first-order valence-corrected chi connectivity index (χ1v) is 11.5. The highest BCUT2D eigenvalue weighted by Crippen LogP contribution is 2.36. The molecule has 2 heterocycles. The molecule has 4 rings (SSSR count). The molecule has 146 valence electrons. The van der Waals surface area contributed by atoms with Crippen molar-refractivity contribution in [2.45, 2.75) is 42.9 Å². The Bertz CT molecular complexity index is 1080. The standard InChI is InChI=1S/C23H26N2O2S/c1-3-18-8-10-19(11-9-18)28(26,27)22-16-24-21-7-5-4-6-20(21)23(22)25-14-12-17(2)13-15-25/h4-11,16-17H,3,12-15H2,1-2H3/p+1. The Morgan fingerprint density at radius 1 is 1.04 bits per heavy atom. The molecule has 0 bridgehead atoms. The second kappa shape index (κ2) is 7.55. The SMILES string of the molecule is CCc1ccc(S(=O)(=O)c2c[nH+]c3ccccc3c2N2CCC(C)CC2)cc1. The first kappa shape index (κ1) is 18.9. The summed E-state index contributed by atoms with van der Waals surface area (Å²) >= 11 is 0. The summed E-state index contributed by atoms with van der Waals surface area (Å²) in [5.74, 6) is 0.680. The highest BCUT2D eigenvalue weighted by Gasteiger charge is 2.30. The summed E-state index contributed by atoms with van der Waals surface area (Å²) in [4.78, 5) is 6.17. The zero-order valence-electron chi connectivity index (χ0n) is 16.5. The van der Waals surface area contributed by atoms with Crippen LogP contribution in [0.15, 0.2) is 64.5 Å². The molecular weight excluding hydrogens is 368 g/mol. The average molecular weight is 396 g/mol. The lowest BCUT2D eigenvalue weighted by atomic mass is 9.98. The van der Waals surface area contributed by atoms with Gasteiger partial charge in [-0.2, -0.15) is 0 Å². The van der Waals surface area contributed by atoms with Crippen LogP contribution in [0, 0.1) is 5.92 Å². The lowest BCUT2D eigenvalue weighted by Crippen LogP contribution is -2.34. The van der Waals surface area contributed by atoms with Gasteiger partial charge in [0.25, 0.3) is 0 Å². The first-order chi connectivity index (χ1) is 13.5. The largest absolute Gasteiger partial charge is 0.370 e. The van der Waals surface area contributed by atoms with Crippen molar-refractivity contribution in [1.29, 1.82) is 0 Å². The lowest BCUT2D eigenvalue weighted by Gasteiger charge is -2.33. The zero-order chi connectivity index (χ0) is 19.7. The van der Waals surface area contributed by atoms with E-state index in [9.17, 15) is 8.42 Å². The minimum absolute atomic E-state index is 0.347. The maximum absolute atomic E-state index is 13.6. The summed E-state index contributed by atoms with van der Waals surface area (Å²) in [5.41, 5.74) is 2.92. The topological polar surface area (TPSA) is 51.5 Å². The molecule has 0 aliphatic carbocycles. The predicted molar refractivity (Wildman–Crippen MR) is 112 cm³/mol. The van der Waals surface area contributed by atoms with E-state index < -0.39 is 9.84 Å². The van der Waals surface area contributed by atoms with Crippen molar-refractivity contribution in [3.05, 3.63) is 60.3 Å². The second-order valence-electron chi connectivity index (χ2n) is 7.72. The van der Waals surface area contributed by atoms with Crippen molar-refractivity contribution in [2.24, 2.45) is 5.92 Å². The van der Waals surface area contributed by atoms with Gasteiger partial charge in [-0.05, 0) is 48.9 Å². The molecule has 1 aromatic heterocycles. The minimum Gasteiger partial charge on any atom is -0.370 e. The van der Waals surface area contributed by atoms with E-state index in [1.54, 1.807) is 18.3 Å². The van der Waals surface area contributed by atoms with E-state index in [1.807, 2.05) is 36.4 Å². The van der Waals surface area contributed by atoms with Gasteiger partial charge >= 0.3 is 0 Å². The van der Waals surface area contributed by atoms with Gasteiger partial charge in [-0.25, -0.2) is 13.4 Å². The maximum atomic E-state index is 13.6. The molecule has 0 unspecified atom stereocenters. The van der Waals surface area contributed by atoms with Crippen LogP contribution in [0.2, 0.25) is 0 Å². The number of aromatic nitrogens is 1. The Morgan fingerprint density at radius 3 is 2.39 bits per heavy atom. The van der Waals surface area contributed by atoms with Crippen LogP contribution >= 0.6 is 0 Å². The molecule has 1 saturated heterocycles. The normalized spacial score (nSPS) is 15.9. The van der Waals surface area contributed by atoms with Crippen LogP contribution < -0.4 is 9.88 Å². The number of para-hydroxylation sites is 1. The Kier molecular flexibility index (Phi) is 5.11. The average Bonchev–Trinajstić information content (AvgIpc) is 2.73. The van der Waals surface area contributed by atoms with Crippen LogP contribution in [0.3, 0.4) is 0 Å². The van der Waals surface area contributed by atoms with Gasteiger partial charge in [0.15, 0.2) is 11.1 Å². The summed E-state index contributed by atoms with van der Waals surface area (Å²) in [6.45, 7) is 6.09. The van der Waals surface area contributed by atoms with E-state index in [0.29, 0.717) is 15.7 Å². The molecule has 28 heavy (non-hydrogen) atoms. The summed E-state index contributed by atoms with van der Waals surface area (Å²) < 4.78 is 27.1. The van der Waals surface area contributed by atoms with Crippen molar-refractivity contribution >= 4 is 26.4 Å². The van der Waals surface area contributed by atoms with Gasteiger partial charge in [-0.1, -0.05) is 38.1 Å². The molecular formula is C23H27N2O2S+. The van der Waals surface area contributed by atoms with Crippen LogP contribution in [0.5, 0.6) is 0 Å². The predicted octanol–water partition coefficient (Wildman–Crippen LogP) is 4.29. The molecule has 1 fully saturated rings. The molecule has 4 nitrogen and oxygen atoms in total. The van der Waals surface area contributed by atoms with E-state index in [4.69, 9.17) is 0 Å². The number of nitrogens with one attached hydrogen (secondary N) is 1. The smallest absolute Gasteiger partial charge is 0.214 e. The van der Waals surface area contributed by atoms with E-state index in [1.165, 1.54) is 0 Å². The van der Waals surface area contributed by atoms with Crippen LogP contribution in [0.4, 0.5) is 5.69 Å². The number of rotatable bonds is 4. The maximum Gasteiger partial charge on any atom is 0.214 e. The third-order valence-electron chi connectivity index (χ3n) is 5.81. The summed E-state index contributed by atoms with van der Waals surface area (Å²) in [6.07, 6.45) is 4.72. The number of aryl methyl sites for hydroxylation is 1. The van der Waals surface area contributed by atoms with E-state index >= 15 is 0 Å². The molecule has 0 saturated carbocycles. The van der Waals surface area contributed by atoms with Crippen LogP contribution in [-0.2, 0) is 16.3 Å². The first-order valence-electron chi connectivity index (χ1n) is 10.0. The number of aromatic amines is 1. The number of hydrogen-bond acceptors (Lipinski definition) is 3. The van der Waals surface area contributed by atoms with Gasteiger partial charge in [-0.15, -0.1) is 0 Å². The Morgan fingerprint density at radius 2 is 1.71 bits per heavy atom. The third kappa shape index (κ3) is 3.39. The fourth-order valence-electron chi connectivity index (χ4n) is 3.95. The van der Waals surface area contributed by atoms with Gasteiger partial charge in [0, 0.05) is 19.2 Å². The Balaban J connectivity index is 1.89. The third-order valence-corrected chi connectivity index (χ3v) is 7.59. The summed E-state index contributed by atoms with van der Waals surface area (Å²) in [6, 6.07) is 15.2. The number of piperidine rings is 1. The van der Waals surface area contributed by atoms with Gasteiger partial charge in [0.1, 0.15) is 0 Å². The van der Waals surface area contributed by atoms with Gasteiger partial charge < -0.3 is 4.90 Å². The van der Waals surface area contributed by atoms with Crippen molar-refractivity contribution in [1.82, 2.24) is 0 Å². The molecule has 3 aromatic rings. The molecule has 0 radical (unpaired) electrons. The minimum atomic E-state index is -3.62. The van der Waals surface area contributed by atoms with E-state index in [2.05, 4.69) is 23.7 Å². The highest BCUT2D eigenvalue weighted by molar-refractivity contribution is 7.91. The van der Waals surface area contributed by atoms with Crippen molar-refractivity contribution in [3.8, 4) is 0 Å². The van der Waals surface area contributed by atoms with Crippen molar-refractivity contribution < 1.29 is 13.4 Å². The van der Waals surface area contributed by atoms with E-state index in [0.717, 1.165) is 54.5 Å². The number of sulfone groups is 1. The molecule has 1 aliphatic rings. The zero-order valence-corrected chi connectivity index (χ0v) is 17.3. The number of pyridine rings is 1. The van der Waals surface area contributed by atoms with Gasteiger partial charge in [-0.3, -0.25) is 0 Å². The summed E-state index contributed by atoms with van der Waals surface area (Å²) in [5, 5.41) is 0.961. The second-order valence-corrected chi connectivity index (χ2v) is 9.64. The highest BCUT2D eigenvalue weighted by atomic mass is 32.2. The van der Waals surface area contributed by atoms with Gasteiger partial charge in [0.05, 0.1) is 16.0 Å². The van der Waals surface area contributed by atoms with Crippen molar-refractivity contribution in [3.63, 3.8) is 0 Å². The fourth-order valence-corrected chi connectivity index (χ4v) is 5.41.